The highest BCUT2D eigenvalue weighted by Gasteiger charge is 2.13. The van der Waals surface area contributed by atoms with Gasteiger partial charge in [0.15, 0.2) is 11.5 Å². The fourth-order valence-electron chi connectivity index (χ4n) is 2.93. The number of ether oxygens (including phenoxy) is 2. The zero-order valence-corrected chi connectivity index (χ0v) is 15.8. The fourth-order valence-corrected chi connectivity index (χ4v) is 2.93. The smallest absolute Gasteiger partial charge is 0.166 e. The predicted molar refractivity (Wildman–Crippen MR) is 107 cm³/mol. The molecule has 2 N–H and O–H groups in total. The lowest BCUT2D eigenvalue weighted by Gasteiger charge is -2.17. The largest absolute Gasteiger partial charge is 0.493 e. The summed E-state index contributed by atoms with van der Waals surface area (Å²) in [6.45, 7) is 0.981. The molecule has 0 aliphatic carbocycles. The molecule has 0 amide bonds. The van der Waals surface area contributed by atoms with Gasteiger partial charge in [0.25, 0.3) is 0 Å². The first kappa shape index (κ1) is 19.9. The van der Waals surface area contributed by atoms with E-state index in [0.29, 0.717) is 30.2 Å². The van der Waals surface area contributed by atoms with Crippen molar-refractivity contribution in [3.63, 3.8) is 0 Å². The van der Waals surface area contributed by atoms with Gasteiger partial charge < -0.3 is 19.9 Å². The molecule has 0 aromatic heterocycles. The molecule has 3 aromatic rings. The Morgan fingerprint density at radius 1 is 0.929 bits per heavy atom. The predicted octanol–water partition coefficient (Wildman–Crippen LogP) is 4.24. The third-order valence-electron chi connectivity index (χ3n) is 4.45. The third kappa shape index (κ3) is 5.09. The van der Waals surface area contributed by atoms with Crippen molar-refractivity contribution in [3.8, 4) is 11.5 Å². The molecule has 0 heterocycles. The van der Waals surface area contributed by atoms with Crippen LogP contribution in [0.2, 0.25) is 0 Å². The molecule has 3 rings (SSSR count). The Kier molecular flexibility index (Phi) is 7.00. The van der Waals surface area contributed by atoms with E-state index in [2.05, 4.69) is 5.32 Å². The van der Waals surface area contributed by atoms with E-state index in [1.807, 2.05) is 42.5 Å². The first-order valence-corrected chi connectivity index (χ1v) is 9.15. The molecule has 3 aromatic carbocycles. The zero-order valence-electron chi connectivity index (χ0n) is 15.8. The van der Waals surface area contributed by atoms with Gasteiger partial charge in [-0.1, -0.05) is 60.7 Å². The van der Waals surface area contributed by atoms with Crippen molar-refractivity contribution in [1.82, 2.24) is 5.32 Å². The van der Waals surface area contributed by atoms with Gasteiger partial charge in [0.2, 0.25) is 0 Å². The van der Waals surface area contributed by atoms with Crippen LogP contribution in [0.5, 0.6) is 11.5 Å². The molecule has 1 unspecified atom stereocenters. The summed E-state index contributed by atoms with van der Waals surface area (Å²) in [5, 5.41) is 13.5. The van der Waals surface area contributed by atoms with Crippen LogP contribution in [0.1, 0.15) is 22.8 Å². The van der Waals surface area contributed by atoms with Gasteiger partial charge in [-0.3, -0.25) is 0 Å². The molecular weight excluding hydrogens is 357 g/mol. The molecule has 0 aliphatic heterocycles. The van der Waals surface area contributed by atoms with Gasteiger partial charge in [-0.25, -0.2) is 4.39 Å². The lowest BCUT2D eigenvalue weighted by molar-refractivity contribution is 0.174. The van der Waals surface area contributed by atoms with Crippen molar-refractivity contribution >= 4 is 0 Å². The van der Waals surface area contributed by atoms with Crippen LogP contribution >= 0.6 is 0 Å². The number of methoxy groups -OCH3 is 1. The van der Waals surface area contributed by atoms with Gasteiger partial charge in [-0.2, -0.15) is 0 Å². The SMILES string of the molecule is COc1cccc(CNCC(O)c2ccccc2)c1OCc1ccccc1F. The van der Waals surface area contributed by atoms with Crippen molar-refractivity contribution in [2.24, 2.45) is 0 Å². The Morgan fingerprint density at radius 2 is 1.64 bits per heavy atom. The molecule has 1 atom stereocenters. The molecule has 146 valence electrons. The monoisotopic (exact) mass is 381 g/mol. The van der Waals surface area contributed by atoms with Gasteiger partial charge in [0.05, 0.1) is 13.2 Å². The number of hydrogen-bond acceptors (Lipinski definition) is 4. The second kappa shape index (κ2) is 9.88. The summed E-state index contributed by atoms with van der Waals surface area (Å²) in [6, 6.07) is 21.6. The number of benzene rings is 3. The van der Waals surface area contributed by atoms with Crippen LogP contribution in [-0.2, 0) is 13.2 Å². The van der Waals surface area contributed by atoms with Gasteiger partial charge in [-0.15, -0.1) is 0 Å². The van der Waals surface area contributed by atoms with Crippen molar-refractivity contribution in [2.45, 2.75) is 19.3 Å². The summed E-state index contributed by atoms with van der Waals surface area (Å²) >= 11 is 0. The summed E-state index contributed by atoms with van der Waals surface area (Å²) in [5.41, 5.74) is 2.21. The van der Waals surface area contributed by atoms with E-state index < -0.39 is 6.10 Å². The van der Waals surface area contributed by atoms with Crippen LogP contribution < -0.4 is 14.8 Å². The Hall–Kier alpha value is -2.89. The number of halogens is 1. The average molecular weight is 381 g/mol. The van der Waals surface area contributed by atoms with E-state index in [0.717, 1.165) is 11.1 Å². The van der Waals surface area contributed by atoms with Gasteiger partial charge in [-0.05, 0) is 17.7 Å². The zero-order chi connectivity index (χ0) is 19.8. The van der Waals surface area contributed by atoms with Crippen molar-refractivity contribution < 1.29 is 19.0 Å². The van der Waals surface area contributed by atoms with Crippen LogP contribution in [0.25, 0.3) is 0 Å². The van der Waals surface area contributed by atoms with Crippen LogP contribution in [-0.4, -0.2) is 18.8 Å². The minimum absolute atomic E-state index is 0.104. The molecule has 0 saturated carbocycles. The normalized spacial score (nSPS) is 11.8. The number of para-hydroxylation sites is 1. The summed E-state index contributed by atoms with van der Waals surface area (Å²) in [4.78, 5) is 0. The van der Waals surface area contributed by atoms with Gasteiger partial charge >= 0.3 is 0 Å². The minimum atomic E-state index is -0.602. The van der Waals surface area contributed by atoms with E-state index in [-0.39, 0.29) is 12.4 Å². The van der Waals surface area contributed by atoms with Gasteiger partial charge in [0.1, 0.15) is 12.4 Å². The number of nitrogens with one attached hydrogen (secondary N) is 1. The van der Waals surface area contributed by atoms with Crippen molar-refractivity contribution in [1.29, 1.82) is 0 Å². The Labute approximate surface area is 164 Å². The third-order valence-corrected chi connectivity index (χ3v) is 4.45. The molecule has 0 bridgehead atoms. The summed E-state index contributed by atoms with van der Waals surface area (Å²) in [7, 11) is 1.57. The molecule has 0 fully saturated rings. The molecule has 0 aliphatic rings. The number of rotatable bonds is 9. The Morgan fingerprint density at radius 3 is 2.39 bits per heavy atom. The van der Waals surface area contributed by atoms with Gasteiger partial charge in [0, 0.05) is 24.2 Å². The highest BCUT2D eigenvalue weighted by atomic mass is 19.1. The van der Waals surface area contributed by atoms with Crippen LogP contribution in [0.3, 0.4) is 0 Å². The first-order valence-electron chi connectivity index (χ1n) is 9.15. The second-order valence-corrected chi connectivity index (χ2v) is 6.39. The van der Waals surface area contributed by atoms with E-state index in [9.17, 15) is 9.50 Å². The molecule has 0 saturated heterocycles. The minimum Gasteiger partial charge on any atom is -0.493 e. The van der Waals surface area contributed by atoms with Crippen LogP contribution in [0, 0.1) is 5.82 Å². The van der Waals surface area contributed by atoms with Crippen molar-refractivity contribution in [3.05, 3.63) is 95.3 Å². The van der Waals surface area contributed by atoms with E-state index >= 15 is 0 Å². The number of hydrogen-bond donors (Lipinski definition) is 2. The van der Waals surface area contributed by atoms with E-state index in [1.54, 1.807) is 31.4 Å². The van der Waals surface area contributed by atoms with Crippen molar-refractivity contribution in [2.75, 3.05) is 13.7 Å². The molecule has 28 heavy (non-hydrogen) atoms. The standard InChI is InChI=1S/C23H24FNO3/c1-27-22-13-7-11-18(14-25-15-21(26)17-8-3-2-4-9-17)23(22)28-16-19-10-5-6-12-20(19)24/h2-13,21,25-26H,14-16H2,1H3. The molecule has 5 heteroatoms. The Balaban J connectivity index is 1.66. The Bertz CT molecular complexity index is 886. The average Bonchev–Trinajstić information content (AvgIpc) is 2.74. The maximum Gasteiger partial charge on any atom is 0.166 e. The lowest BCUT2D eigenvalue weighted by Crippen LogP contribution is -2.21. The van der Waals surface area contributed by atoms with E-state index in [1.165, 1.54) is 6.07 Å². The molecule has 0 radical (unpaired) electrons. The molecular formula is C23H24FNO3. The maximum absolute atomic E-state index is 13.9. The maximum atomic E-state index is 13.9. The first-order chi connectivity index (χ1) is 13.7. The van der Waals surface area contributed by atoms with Crippen LogP contribution in [0.15, 0.2) is 72.8 Å². The number of aliphatic hydroxyl groups excluding tert-OH is 1. The highest BCUT2D eigenvalue weighted by molar-refractivity contribution is 5.46. The second-order valence-electron chi connectivity index (χ2n) is 6.39. The molecule has 0 spiro atoms. The quantitative estimate of drug-likeness (QED) is 0.582. The number of aliphatic hydroxyl groups is 1. The molecule has 4 nitrogen and oxygen atoms in total. The summed E-state index contributed by atoms with van der Waals surface area (Å²) < 4.78 is 25.2. The van der Waals surface area contributed by atoms with Crippen LogP contribution in [0.4, 0.5) is 4.39 Å². The highest BCUT2D eigenvalue weighted by Crippen LogP contribution is 2.32. The topological polar surface area (TPSA) is 50.7 Å². The summed E-state index contributed by atoms with van der Waals surface area (Å²) in [5.74, 6) is 0.845. The fraction of sp³-hybridized carbons (Fsp3) is 0.217. The summed E-state index contributed by atoms with van der Waals surface area (Å²) in [6.07, 6.45) is -0.602. The lowest BCUT2D eigenvalue weighted by atomic mass is 10.1. The van der Waals surface area contributed by atoms with E-state index in [4.69, 9.17) is 9.47 Å².